The van der Waals surface area contributed by atoms with Crippen molar-refractivity contribution in [2.45, 2.75) is 19.5 Å². The van der Waals surface area contributed by atoms with Crippen LogP contribution in [0.15, 0.2) is 106 Å². The van der Waals surface area contributed by atoms with E-state index < -0.39 is 0 Å². The zero-order chi connectivity index (χ0) is 23.2. The van der Waals surface area contributed by atoms with E-state index in [2.05, 4.69) is 70.1 Å². The molecule has 6 aromatic rings. The molecule has 0 bridgehead atoms. The van der Waals surface area contributed by atoms with Crippen molar-refractivity contribution in [2.75, 3.05) is 0 Å². The number of imidazole rings is 1. The number of nitrogens with zero attached hydrogens (tertiary/aromatic N) is 2. The molecule has 0 aliphatic carbocycles. The Hall–Kier alpha value is -3.22. The van der Waals surface area contributed by atoms with Crippen molar-refractivity contribution in [1.82, 2.24) is 4.57 Å². The van der Waals surface area contributed by atoms with Crippen LogP contribution in [0.5, 0.6) is 0 Å². The predicted octanol–water partition coefficient (Wildman–Crippen LogP) is 4.09. The van der Waals surface area contributed by atoms with E-state index in [9.17, 15) is 4.79 Å². The van der Waals surface area contributed by atoms with Crippen molar-refractivity contribution in [3.05, 3.63) is 113 Å². The van der Waals surface area contributed by atoms with E-state index in [1.807, 2.05) is 59.2 Å². The maximum atomic E-state index is 13.0. The van der Waals surface area contributed by atoms with Crippen LogP contribution in [0.3, 0.4) is 0 Å². The SMILES string of the molecule is CC(c1ccc2oc3ccccc3c2c1)n1c[n+](CC(=O)c2ccc(Br)cc2)c2ccccc21.[Br-]. The van der Waals surface area contributed by atoms with Crippen LogP contribution in [0.25, 0.3) is 33.0 Å². The van der Waals surface area contributed by atoms with Gasteiger partial charge in [0.25, 0.3) is 0 Å². The first-order chi connectivity index (χ1) is 16.6. The van der Waals surface area contributed by atoms with Gasteiger partial charge in [0.1, 0.15) is 17.2 Å². The van der Waals surface area contributed by atoms with Crippen LogP contribution in [-0.2, 0) is 6.54 Å². The standard InChI is InChI=1S/C29H22BrN2O2.BrH/c1-19(21-12-15-29-24(16-21)23-6-2-5-9-28(23)34-29)32-18-31(25-7-3-4-8-26(25)32)17-27(33)20-10-13-22(30)14-11-20;/h2-16,18-19H,17H2,1H3;1H/q+1;/p-1. The number of fused-ring (bicyclic) bond motifs is 4. The Morgan fingerprint density at radius 3 is 2.46 bits per heavy atom. The molecule has 0 saturated heterocycles. The van der Waals surface area contributed by atoms with E-state index in [1.54, 1.807) is 0 Å². The molecule has 4 aromatic carbocycles. The van der Waals surface area contributed by atoms with E-state index in [1.165, 1.54) is 5.56 Å². The van der Waals surface area contributed by atoms with E-state index in [0.29, 0.717) is 5.56 Å². The highest BCUT2D eigenvalue weighted by Gasteiger charge is 2.23. The number of Topliss-reactive ketones (excluding diaryl/α,β-unsaturated/α-hetero) is 1. The average Bonchev–Trinajstić information content (AvgIpc) is 3.42. The molecule has 0 fully saturated rings. The number of furan rings is 1. The van der Waals surface area contributed by atoms with E-state index in [-0.39, 0.29) is 35.4 Å². The van der Waals surface area contributed by atoms with E-state index >= 15 is 0 Å². The number of para-hydroxylation sites is 3. The van der Waals surface area contributed by atoms with Gasteiger partial charge in [-0.05, 0) is 55.0 Å². The van der Waals surface area contributed by atoms with Crippen LogP contribution >= 0.6 is 15.9 Å². The van der Waals surface area contributed by atoms with Gasteiger partial charge >= 0.3 is 0 Å². The van der Waals surface area contributed by atoms with Crippen molar-refractivity contribution in [2.24, 2.45) is 0 Å². The van der Waals surface area contributed by atoms with E-state index in [0.717, 1.165) is 37.4 Å². The minimum absolute atomic E-state index is 0. The lowest BCUT2D eigenvalue weighted by atomic mass is 10.0. The third-order valence-electron chi connectivity index (χ3n) is 6.51. The lowest BCUT2D eigenvalue weighted by Gasteiger charge is -2.09. The highest BCUT2D eigenvalue weighted by molar-refractivity contribution is 9.10. The number of rotatable bonds is 5. The van der Waals surface area contributed by atoms with Crippen LogP contribution in [-0.4, -0.2) is 10.4 Å². The molecular formula is C29H22Br2N2O2. The maximum absolute atomic E-state index is 13.0. The third-order valence-corrected chi connectivity index (χ3v) is 7.04. The summed E-state index contributed by atoms with van der Waals surface area (Å²) in [5, 5.41) is 2.24. The fourth-order valence-electron chi connectivity index (χ4n) is 4.68. The molecule has 6 heteroatoms. The molecular weight excluding hydrogens is 568 g/mol. The molecule has 2 aromatic heterocycles. The minimum Gasteiger partial charge on any atom is -1.00 e. The summed E-state index contributed by atoms with van der Waals surface area (Å²) in [5.74, 6) is 0.0827. The van der Waals surface area contributed by atoms with Gasteiger partial charge in [-0.15, -0.1) is 0 Å². The van der Waals surface area contributed by atoms with Gasteiger partial charge in [0, 0.05) is 20.8 Å². The van der Waals surface area contributed by atoms with Crippen LogP contribution in [0, 0.1) is 0 Å². The van der Waals surface area contributed by atoms with Gasteiger partial charge in [-0.25, -0.2) is 9.13 Å². The molecule has 6 rings (SSSR count). The highest BCUT2D eigenvalue weighted by Crippen LogP contribution is 2.32. The Kier molecular flexibility index (Phi) is 6.34. The fourth-order valence-corrected chi connectivity index (χ4v) is 4.94. The summed E-state index contributed by atoms with van der Waals surface area (Å²) < 4.78 is 11.3. The zero-order valence-electron chi connectivity index (χ0n) is 19.0. The molecule has 2 heterocycles. The molecule has 1 unspecified atom stereocenters. The van der Waals surface area contributed by atoms with Gasteiger partial charge < -0.3 is 21.4 Å². The number of hydrogen-bond acceptors (Lipinski definition) is 2. The highest BCUT2D eigenvalue weighted by atomic mass is 79.9. The largest absolute Gasteiger partial charge is 1.00 e. The second-order valence-corrected chi connectivity index (χ2v) is 9.51. The third kappa shape index (κ3) is 4.21. The summed E-state index contributed by atoms with van der Waals surface area (Å²) >= 11 is 3.44. The normalized spacial score (nSPS) is 12.2. The second-order valence-electron chi connectivity index (χ2n) is 8.60. The molecule has 0 radical (unpaired) electrons. The predicted molar refractivity (Wildman–Crippen MR) is 138 cm³/mol. The van der Waals surface area contributed by atoms with E-state index in [4.69, 9.17) is 4.42 Å². The maximum Gasteiger partial charge on any atom is 0.245 e. The summed E-state index contributed by atoms with van der Waals surface area (Å²) in [6, 6.07) is 30.4. The Labute approximate surface area is 221 Å². The molecule has 0 aliphatic rings. The summed E-state index contributed by atoms with van der Waals surface area (Å²) in [6.45, 7) is 2.48. The quantitative estimate of drug-likeness (QED) is 0.224. The fraction of sp³-hybridized carbons (Fsp3) is 0.103. The van der Waals surface area contributed by atoms with Crippen molar-refractivity contribution in [3.8, 4) is 0 Å². The Balaban J connectivity index is 0.00000253. The van der Waals surface area contributed by atoms with Crippen LogP contribution in [0.4, 0.5) is 0 Å². The minimum atomic E-state index is 0. The first-order valence-electron chi connectivity index (χ1n) is 11.3. The zero-order valence-corrected chi connectivity index (χ0v) is 22.2. The lowest BCUT2D eigenvalue weighted by Crippen LogP contribution is -3.00. The topological polar surface area (TPSA) is 39.0 Å². The van der Waals surface area contributed by atoms with Gasteiger partial charge in [0.05, 0.1) is 0 Å². The van der Waals surface area contributed by atoms with Crippen LogP contribution in [0.1, 0.15) is 28.9 Å². The molecule has 0 spiro atoms. The van der Waals surface area contributed by atoms with Crippen molar-refractivity contribution in [3.63, 3.8) is 0 Å². The smallest absolute Gasteiger partial charge is 0.245 e. The summed E-state index contributed by atoms with van der Waals surface area (Å²) in [5.41, 5.74) is 5.82. The van der Waals surface area contributed by atoms with Crippen molar-refractivity contribution < 1.29 is 30.8 Å². The first kappa shape index (κ1) is 23.5. The van der Waals surface area contributed by atoms with Gasteiger partial charge in [-0.3, -0.25) is 4.79 Å². The number of aromatic nitrogens is 2. The molecule has 174 valence electrons. The summed E-state index contributed by atoms with van der Waals surface area (Å²) in [6.07, 6.45) is 2.06. The van der Waals surface area contributed by atoms with Gasteiger partial charge in [0.15, 0.2) is 17.6 Å². The Morgan fingerprint density at radius 2 is 1.63 bits per heavy atom. The van der Waals surface area contributed by atoms with Gasteiger partial charge in [-0.2, -0.15) is 0 Å². The van der Waals surface area contributed by atoms with Crippen LogP contribution < -0.4 is 21.5 Å². The molecule has 4 nitrogen and oxygen atoms in total. The van der Waals surface area contributed by atoms with Gasteiger partial charge in [-0.1, -0.05) is 64.5 Å². The lowest BCUT2D eigenvalue weighted by molar-refractivity contribution is -0.658. The molecule has 0 saturated carbocycles. The monoisotopic (exact) mass is 588 g/mol. The average molecular weight is 590 g/mol. The van der Waals surface area contributed by atoms with Crippen LogP contribution in [0.2, 0.25) is 0 Å². The number of ketones is 1. The number of carbonyl (C=O) groups is 1. The molecule has 1 atom stereocenters. The molecule has 0 aliphatic heterocycles. The number of benzene rings is 4. The molecule has 0 amide bonds. The Morgan fingerprint density at radius 1 is 0.914 bits per heavy atom. The summed E-state index contributed by atoms with van der Waals surface area (Å²) in [4.78, 5) is 13.0. The molecule has 35 heavy (non-hydrogen) atoms. The summed E-state index contributed by atoms with van der Waals surface area (Å²) in [7, 11) is 0. The number of carbonyl (C=O) groups excluding carboxylic acids is 1. The van der Waals surface area contributed by atoms with Crippen molar-refractivity contribution >= 4 is 54.7 Å². The number of halogens is 2. The number of hydrogen-bond donors (Lipinski definition) is 0. The Bertz CT molecular complexity index is 1680. The second kappa shape index (κ2) is 9.44. The van der Waals surface area contributed by atoms with Crippen molar-refractivity contribution in [1.29, 1.82) is 0 Å². The molecule has 0 N–H and O–H groups in total. The first-order valence-corrected chi connectivity index (χ1v) is 12.1. The van der Waals surface area contributed by atoms with Gasteiger partial charge in [0.2, 0.25) is 12.1 Å².